The molecule has 0 unspecified atom stereocenters. The molecule has 0 saturated heterocycles. The van der Waals surface area contributed by atoms with E-state index in [2.05, 4.69) is 44.3 Å². The quantitative estimate of drug-likeness (QED) is 0.168. The zero-order chi connectivity index (χ0) is 27.8. The summed E-state index contributed by atoms with van der Waals surface area (Å²) in [5.41, 5.74) is 1.58. The van der Waals surface area contributed by atoms with Crippen LogP contribution in [0.3, 0.4) is 0 Å². The number of aliphatic hydroxyl groups is 1. The molecule has 0 heterocycles. The minimum atomic E-state index is -0.347. The van der Waals surface area contributed by atoms with Crippen molar-refractivity contribution >= 4 is 31.6 Å². The van der Waals surface area contributed by atoms with Crippen molar-refractivity contribution in [1.82, 2.24) is 0 Å². The van der Waals surface area contributed by atoms with Crippen LogP contribution >= 0.6 is 0 Å². The number of hydrogen-bond donors (Lipinski definition) is 1. The number of rotatable bonds is 4. The Morgan fingerprint density at radius 3 is 1.10 bits per heavy atom. The van der Waals surface area contributed by atoms with E-state index in [4.69, 9.17) is 24.5 Å². The number of aliphatic hydroxyl groups excluding tert-OH is 1. The van der Waals surface area contributed by atoms with Gasteiger partial charge in [0.15, 0.2) is 0 Å². The third-order valence-electron chi connectivity index (χ3n) is 1.10. The molecular formula is C21H38O10. The van der Waals surface area contributed by atoms with Crippen LogP contribution in [0.1, 0.15) is 35.5 Å². The van der Waals surface area contributed by atoms with Crippen molar-refractivity contribution in [3.8, 4) is 0 Å². The van der Waals surface area contributed by atoms with Crippen LogP contribution in [0.25, 0.3) is 0 Å². The van der Waals surface area contributed by atoms with Gasteiger partial charge in [0.1, 0.15) is 25.6 Å². The van der Waals surface area contributed by atoms with Crippen molar-refractivity contribution in [1.29, 1.82) is 0 Å². The van der Waals surface area contributed by atoms with Crippen molar-refractivity contribution in [3.63, 3.8) is 0 Å². The maximum Gasteiger partial charge on any atom is 0 e. The molecule has 10 nitrogen and oxygen atoms in total. The van der Waals surface area contributed by atoms with Crippen molar-refractivity contribution in [2.45, 2.75) is 34.1 Å². The molecule has 0 aromatic heterocycles. The molecule has 0 amide bonds. The fraction of sp³-hybridized carbons (Fsp3) is 0.333. The van der Waals surface area contributed by atoms with Crippen LogP contribution < -0.4 is 0 Å². The van der Waals surface area contributed by atoms with Gasteiger partial charge >= 0.3 is 17.3 Å². The summed E-state index contributed by atoms with van der Waals surface area (Å²) in [5.74, 6) is -0.347. The second-order valence-electron chi connectivity index (χ2n) is 3.78. The van der Waals surface area contributed by atoms with Gasteiger partial charge in [-0.25, -0.2) is 4.79 Å². The van der Waals surface area contributed by atoms with Crippen LogP contribution in [0.2, 0.25) is 0 Å². The first-order valence-electron chi connectivity index (χ1n) is 7.63. The van der Waals surface area contributed by atoms with E-state index in [1.165, 1.54) is 7.11 Å². The first kappa shape index (κ1) is 56.4. The van der Waals surface area contributed by atoms with Crippen LogP contribution in [0.15, 0.2) is 49.6 Å². The normalized spacial score (nSPS) is 5.32. The summed E-state index contributed by atoms with van der Waals surface area (Å²) in [6.45, 7) is 29.2. The molecule has 0 fully saturated rings. The second kappa shape index (κ2) is 94.8. The molecule has 0 rings (SSSR count). The predicted octanol–water partition coefficient (Wildman–Crippen LogP) is 3.35. The molecular weight excluding hydrogens is 412 g/mol. The number of esters is 1. The summed E-state index contributed by atoms with van der Waals surface area (Å²) in [4.78, 5) is 60.2. The number of hydrogen-bond acceptors (Lipinski definition) is 9. The maximum absolute atomic E-state index is 10.2. The van der Waals surface area contributed by atoms with Gasteiger partial charge in [-0.15, -0.1) is 13.2 Å². The molecule has 10 heteroatoms. The summed E-state index contributed by atoms with van der Waals surface area (Å²) in [5, 5.41) is 7.00. The van der Waals surface area contributed by atoms with E-state index < -0.39 is 0 Å². The molecule has 0 aliphatic rings. The SMILES string of the molecule is C=C.C=C(C)C(=O)OC.C=C(C)C=O.C=C(C)C=O.C=O.CCC=O.CO.O=O.[C-]#[O+].[HH]. The molecule has 0 spiro atoms. The topological polar surface area (TPSA) is 169 Å². The Morgan fingerprint density at radius 2 is 1.10 bits per heavy atom. The van der Waals surface area contributed by atoms with Crippen molar-refractivity contribution < 1.29 is 39.9 Å². The molecule has 0 saturated carbocycles. The predicted molar refractivity (Wildman–Crippen MR) is 124 cm³/mol. The van der Waals surface area contributed by atoms with Crippen LogP contribution in [0, 0.1) is 16.6 Å². The smallest absolute Gasteiger partial charge is 0 e. The van der Waals surface area contributed by atoms with E-state index in [1.807, 2.05) is 13.7 Å². The summed E-state index contributed by atoms with van der Waals surface area (Å²) in [6.07, 6.45) is 2.96. The standard InChI is InChI=1S/C5H8O2.2C4H6O.C3H6O.C2H4.CH4O.CH2O.CO.O2.H2/c1-4(2)5(6)7-3;2*1-4(2)3-5;1-2-3-4;5*1-2;/h1H2,2-3H3;2*3H,1H2,2H3;3H,2H2,1H3;1-2H2;2H,1H3;1H2;;;1H. The largest absolute Gasteiger partial charge is 0 e. The van der Waals surface area contributed by atoms with Gasteiger partial charge in [-0.1, -0.05) is 26.7 Å². The van der Waals surface area contributed by atoms with E-state index in [9.17, 15) is 19.2 Å². The average molecular weight is 451 g/mol. The Morgan fingerprint density at radius 1 is 0.935 bits per heavy atom. The summed E-state index contributed by atoms with van der Waals surface area (Å²) in [6, 6.07) is 0. The van der Waals surface area contributed by atoms with Gasteiger partial charge in [-0.2, -0.15) is 0 Å². The number of carbonyl (C=O) groups is 5. The zero-order valence-electron chi connectivity index (χ0n) is 19.3. The van der Waals surface area contributed by atoms with E-state index in [-0.39, 0.29) is 7.40 Å². The molecule has 0 aliphatic carbocycles. The van der Waals surface area contributed by atoms with Crippen LogP contribution in [-0.4, -0.2) is 50.9 Å². The molecule has 0 atom stereocenters. The number of ether oxygens (including phenoxy) is 1. The third kappa shape index (κ3) is 287. The monoisotopic (exact) mass is 450 g/mol. The fourth-order valence-corrected chi connectivity index (χ4v) is 0.174. The van der Waals surface area contributed by atoms with Crippen LogP contribution in [-0.2, 0) is 33.4 Å². The number of aldehydes is 3. The molecule has 0 aliphatic heterocycles. The Labute approximate surface area is 186 Å². The first-order valence-corrected chi connectivity index (χ1v) is 7.63. The minimum Gasteiger partial charge on any atom is 0 e. The van der Waals surface area contributed by atoms with E-state index >= 15 is 0 Å². The Balaban J connectivity index is -0.0000000223. The molecule has 0 radical (unpaired) electrons. The molecule has 0 aromatic rings. The van der Waals surface area contributed by atoms with Crippen LogP contribution in [0.4, 0.5) is 0 Å². The van der Waals surface area contributed by atoms with E-state index in [0.717, 1.165) is 26.0 Å². The molecule has 182 valence electrons. The fourth-order valence-electron chi connectivity index (χ4n) is 0.174. The Bertz CT molecular complexity index is 424. The van der Waals surface area contributed by atoms with E-state index in [0.29, 0.717) is 23.1 Å². The Kier molecular flexibility index (Phi) is 173. The second-order valence-corrected chi connectivity index (χ2v) is 3.78. The molecule has 1 N–H and O–H groups in total. The van der Waals surface area contributed by atoms with Gasteiger partial charge in [-0.05, 0) is 31.9 Å². The van der Waals surface area contributed by atoms with Gasteiger partial charge in [-0.3, -0.25) is 9.59 Å². The van der Waals surface area contributed by atoms with Crippen molar-refractivity contribution in [2.75, 3.05) is 14.2 Å². The number of carbonyl (C=O) groups excluding carboxylic acids is 5. The van der Waals surface area contributed by atoms with Crippen molar-refractivity contribution in [3.05, 3.63) is 66.2 Å². The van der Waals surface area contributed by atoms with Crippen molar-refractivity contribution in [2.24, 2.45) is 0 Å². The molecule has 0 aromatic carbocycles. The van der Waals surface area contributed by atoms with Crippen LogP contribution in [0.5, 0.6) is 0 Å². The van der Waals surface area contributed by atoms with Gasteiger partial charge in [0.05, 0.1) is 7.11 Å². The number of allylic oxidation sites excluding steroid dienone is 2. The minimum absolute atomic E-state index is 0. The number of methoxy groups -OCH3 is 1. The molecule has 0 bridgehead atoms. The van der Waals surface area contributed by atoms with Gasteiger partial charge < -0.3 is 19.4 Å². The van der Waals surface area contributed by atoms with Gasteiger partial charge in [0.2, 0.25) is 0 Å². The summed E-state index contributed by atoms with van der Waals surface area (Å²) < 4.78 is 11.8. The van der Waals surface area contributed by atoms with Gasteiger partial charge in [0.25, 0.3) is 0 Å². The summed E-state index contributed by atoms with van der Waals surface area (Å²) >= 11 is 0. The molecule has 31 heavy (non-hydrogen) atoms. The first-order chi connectivity index (χ1) is 14.6. The van der Waals surface area contributed by atoms with E-state index in [1.54, 1.807) is 20.8 Å². The maximum atomic E-state index is 10.2. The average Bonchev–Trinajstić information content (AvgIpc) is 2.85. The van der Waals surface area contributed by atoms with Gasteiger partial charge in [0, 0.05) is 30.5 Å². The summed E-state index contributed by atoms with van der Waals surface area (Å²) in [7, 11) is 2.33. The third-order valence-corrected chi connectivity index (χ3v) is 1.10. The zero-order valence-corrected chi connectivity index (χ0v) is 19.3. The Hall–Kier alpha value is -3.59.